The Morgan fingerprint density at radius 2 is 1.85 bits per heavy atom. The number of methoxy groups -OCH3 is 1. The molecule has 47 heavy (non-hydrogen) atoms. The second-order valence-electron chi connectivity index (χ2n) is 12.5. The smallest absolute Gasteiger partial charge is 0.247 e. The molecule has 4 heterocycles. The van der Waals surface area contributed by atoms with E-state index in [-0.39, 0.29) is 24.2 Å². The van der Waals surface area contributed by atoms with E-state index in [2.05, 4.69) is 56.9 Å². The number of hydrogen-bond donors (Lipinski definition) is 2. The van der Waals surface area contributed by atoms with Gasteiger partial charge < -0.3 is 25.0 Å². The molecule has 3 aromatic rings. The largest absolute Gasteiger partial charge is 0.494 e. The van der Waals surface area contributed by atoms with Crippen LogP contribution in [-0.2, 0) is 14.4 Å². The lowest BCUT2D eigenvalue weighted by Gasteiger charge is -2.44. The first-order valence-electron chi connectivity index (χ1n) is 16.3. The summed E-state index contributed by atoms with van der Waals surface area (Å²) in [6.45, 7) is 14.2. The minimum absolute atomic E-state index is 0.0369. The van der Waals surface area contributed by atoms with Gasteiger partial charge in [0.15, 0.2) is 5.82 Å². The fourth-order valence-electron chi connectivity index (χ4n) is 7.01. The van der Waals surface area contributed by atoms with Gasteiger partial charge in [-0.05, 0) is 62.9 Å². The van der Waals surface area contributed by atoms with Gasteiger partial charge in [0.05, 0.1) is 49.0 Å². The molecule has 0 bridgehead atoms. The molecule has 2 aromatic carbocycles. The van der Waals surface area contributed by atoms with E-state index in [1.165, 1.54) is 12.4 Å². The topological polar surface area (TPSA) is 104 Å². The van der Waals surface area contributed by atoms with E-state index in [0.29, 0.717) is 41.4 Å². The van der Waals surface area contributed by atoms with Gasteiger partial charge in [-0.25, -0.2) is 15.0 Å². The van der Waals surface area contributed by atoms with Crippen molar-refractivity contribution in [3.63, 3.8) is 0 Å². The van der Waals surface area contributed by atoms with Gasteiger partial charge in [0.25, 0.3) is 0 Å². The fourth-order valence-corrected chi connectivity index (χ4v) is 7.19. The highest BCUT2D eigenvalue weighted by Gasteiger charge is 2.32. The molecule has 3 fully saturated rings. The predicted molar refractivity (Wildman–Crippen MR) is 186 cm³/mol. The number of hydrogen-bond acceptors (Lipinski definition) is 10. The normalized spacial score (nSPS) is 22.3. The summed E-state index contributed by atoms with van der Waals surface area (Å²) in [5.74, 6) is 1.51. The van der Waals surface area contributed by atoms with E-state index in [9.17, 15) is 4.79 Å². The Kier molecular flexibility index (Phi) is 10.2. The number of halogens is 1. The molecular weight excluding hydrogens is 618 g/mol. The first kappa shape index (κ1) is 33.0. The van der Waals surface area contributed by atoms with Crippen LogP contribution in [0.25, 0.3) is 0 Å². The van der Waals surface area contributed by atoms with E-state index in [1.54, 1.807) is 7.11 Å². The molecule has 12 heteroatoms. The average molecular weight is 662 g/mol. The summed E-state index contributed by atoms with van der Waals surface area (Å²) in [4.78, 5) is 32.5. The van der Waals surface area contributed by atoms with Crippen LogP contribution in [0.3, 0.4) is 0 Å². The van der Waals surface area contributed by atoms with E-state index >= 15 is 0 Å². The summed E-state index contributed by atoms with van der Waals surface area (Å²) in [6, 6.07) is 12.1. The molecule has 0 aliphatic carbocycles. The molecule has 6 rings (SSSR count). The minimum Gasteiger partial charge on any atom is -0.494 e. The summed E-state index contributed by atoms with van der Waals surface area (Å²) in [5.41, 5.74) is 4.34. The molecule has 0 radical (unpaired) electrons. The lowest BCUT2D eigenvalue weighted by molar-refractivity contribution is -0.111. The second-order valence-corrected chi connectivity index (χ2v) is 12.9. The van der Waals surface area contributed by atoms with E-state index in [4.69, 9.17) is 25.9 Å². The highest BCUT2D eigenvalue weighted by molar-refractivity contribution is 6.31. The molecule has 250 valence electrons. The molecule has 2 N–H and O–H groups in total. The molecule has 0 spiro atoms. The van der Waals surface area contributed by atoms with Crippen molar-refractivity contribution < 1.29 is 19.1 Å². The number of nitrogens with zero attached hydrogens (tertiary/aromatic N) is 5. The lowest BCUT2D eigenvalue weighted by atomic mass is 9.99. The number of carbonyl (C=O) groups is 1. The van der Waals surface area contributed by atoms with Crippen LogP contribution in [0.4, 0.5) is 28.7 Å². The SMILES string of the molecule is C=CC(=O)Nc1cc(Nc2cc(N3OCCC3c3cccc(Cl)c3C)ncn2)c(OC)cc1N1CCC(N2C[C@@H](C)O[C@@H](C)C2)CC1. The van der Waals surface area contributed by atoms with Crippen molar-refractivity contribution in [2.45, 2.75) is 64.3 Å². The standard InChI is InChI=1S/C35H44ClN7O4/c1-6-35(44)40-28-16-29(32(45-5)17-31(28)41-13-10-25(11-14-41)42-19-22(2)47-23(3)20-42)39-33-18-34(38-21-37-33)43-30(12-15-46-43)26-8-7-9-27(36)24(26)4/h6-9,16-18,21-23,25,30H,1,10-15,19-20H2,2-5H3,(H,40,44)(H,37,38,39)/t22-,23+,30?. The van der Waals surface area contributed by atoms with Crippen LogP contribution in [0, 0.1) is 6.92 Å². The number of nitrogens with one attached hydrogen (secondary N) is 2. The molecule has 3 atom stereocenters. The van der Waals surface area contributed by atoms with Gasteiger partial charge in [0.1, 0.15) is 17.9 Å². The number of ether oxygens (including phenoxy) is 2. The number of piperidine rings is 1. The number of benzene rings is 2. The maximum Gasteiger partial charge on any atom is 0.247 e. The first-order valence-corrected chi connectivity index (χ1v) is 16.7. The number of rotatable bonds is 9. The van der Waals surface area contributed by atoms with Gasteiger partial charge in [0, 0.05) is 55.8 Å². The summed E-state index contributed by atoms with van der Waals surface area (Å²) in [6.07, 6.45) is 6.11. The number of aromatic nitrogens is 2. The Morgan fingerprint density at radius 1 is 1.09 bits per heavy atom. The summed E-state index contributed by atoms with van der Waals surface area (Å²) in [7, 11) is 1.64. The number of carbonyl (C=O) groups excluding carboxylic acids is 1. The Hall–Kier alpha value is -3.90. The first-order chi connectivity index (χ1) is 22.7. The molecule has 3 aliphatic heterocycles. The third-order valence-corrected chi connectivity index (χ3v) is 9.65. The van der Waals surface area contributed by atoms with Crippen molar-refractivity contribution in [3.8, 4) is 5.75 Å². The van der Waals surface area contributed by atoms with Crippen molar-refractivity contribution in [2.75, 3.05) is 60.5 Å². The molecule has 1 aromatic heterocycles. The van der Waals surface area contributed by atoms with Gasteiger partial charge in [-0.15, -0.1) is 0 Å². The molecule has 11 nitrogen and oxygen atoms in total. The number of morpholine rings is 1. The van der Waals surface area contributed by atoms with Crippen LogP contribution < -0.4 is 25.3 Å². The Bertz CT molecular complexity index is 1590. The maximum atomic E-state index is 12.6. The van der Waals surface area contributed by atoms with Crippen molar-refractivity contribution in [2.24, 2.45) is 0 Å². The zero-order chi connectivity index (χ0) is 33.1. The van der Waals surface area contributed by atoms with Crippen LogP contribution >= 0.6 is 11.6 Å². The molecule has 3 saturated heterocycles. The quantitative estimate of drug-likeness (QED) is 0.255. The predicted octanol–water partition coefficient (Wildman–Crippen LogP) is 6.28. The van der Waals surface area contributed by atoms with Crippen molar-refractivity contribution in [1.29, 1.82) is 0 Å². The maximum absolute atomic E-state index is 12.6. The Balaban J connectivity index is 1.23. The van der Waals surface area contributed by atoms with Crippen LogP contribution in [0.15, 0.2) is 55.4 Å². The lowest BCUT2D eigenvalue weighted by Crippen LogP contribution is -2.53. The third-order valence-electron chi connectivity index (χ3n) is 9.25. The molecular formula is C35H44ClN7O4. The second kappa shape index (κ2) is 14.5. The van der Waals surface area contributed by atoms with Crippen LogP contribution in [0.1, 0.15) is 50.3 Å². The minimum atomic E-state index is -0.286. The third kappa shape index (κ3) is 7.33. The van der Waals surface area contributed by atoms with Crippen molar-refractivity contribution >= 4 is 46.2 Å². The summed E-state index contributed by atoms with van der Waals surface area (Å²) < 4.78 is 11.8. The number of amides is 1. The van der Waals surface area contributed by atoms with Crippen molar-refractivity contribution in [3.05, 3.63) is 71.5 Å². The highest BCUT2D eigenvalue weighted by Crippen LogP contribution is 2.41. The summed E-state index contributed by atoms with van der Waals surface area (Å²) >= 11 is 6.44. The van der Waals surface area contributed by atoms with Crippen LogP contribution in [0.5, 0.6) is 5.75 Å². The van der Waals surface area contributed by atoms with E-state index in [1.807, 2.05) is 42.3 Å². The monoisotopic (exact) mass is 661 g/mol. The zero-order valence-electron chi connectivity index (χ0n) is 27.5. The molecule has 3 aliphatic rings. The molecule has 0 saturated carbocycles. The Morgan fingerprint density at radius 3 is 2.57 bits per heavy atom. The van der Waals surface area contributed by atoms with E-state index in [0.717, 1.165) is 67.3 Å². The van der Waals surface area contributed by atoms with Gasteiger partial charge in [0.2, 0.25) is 5.91 Å². The number of hydroxylamine groups is 1. The van der Waals surface area contributed by atoms with Crippen LogP contribution in [-0.4, -0.2) is 78.9 Å². The van der Waals surface area contributed by atoms with E-state index < -0.39 is 0 Å². The Labute approximate surface area is 281 Å². The van der Waals surface area contributed by atoms with Crippen LogP contribution in [0.2, 0.25) is 5.02 Å². The average Bonchev–Trinajstić information content (AvgIpc) is 3.56. The molecule has 1 unspecified atom stereocenters. The van der Waals surface area contributed by atoms with Crippen molar-refractivity contribution in [1.82, 2.24) is 14.9 Å². The van der Waals surface area contributed by atoms with Gasteiger partial charge >= 0.3 is 0 Å². The van der Waals surface area contributed by atoms with Gasteiger partial charge in [-0.2, -0.15) is 0 Å². The van der Waals surface area contributed by atoms with Gasteiger partial charge in [-0.1, -0.05) is 30.3 Å². The van der Waals surface area contributed by atoms with Gasteiger partial charge in [-0.3, -0.25) is 14.5 Å². The zero-order valence-corrected chi connectivity index (χ0v) is 28.3. The summed E-state index contributed by atoms with van der Waals surface area (Å²) in [5, 5.41) is 8.95. The fraction of sp³-hybridized carbons (Fsp3) is 0.457. The highest BCUT2D eigenvalue weighted by atomic mass is 35.5. The number of anilines is 5. The molecule has 1 amide bonds.